The monoisotopic (exact) mass is 259 g/mol. The zero-order valence-electron chi connectivity index (χ0n) is 9.04. The van der Waals surface area contributed by atoms with Crippen molar-refractivity contribution < 1.29 is 8.42 Å². The molecule has 0 aliphatic carbocycles. The summed E-state index contributed by atoms with van der Waals surface area (Å²) in [7, 11) is -2.05. The maximum Gasteiger partial charge on any atom is 0.252 e. The Kier molecular flexibility index (Phi) is 3.91. The molecule has 1 unspecified atom stereocenters. The van der Waals surface area contributed by atoms with Gasteiger partial charge in [-0.25, -0.2) is 8.42 Å². The summed E-state index contributed by atoms with van der Waals surface area (Å²) >= 11 is 1.08. The number of nitrogens with zero attached hydrogens (tertiary/aromatic N) is 2. The predicted octanol–water partition coefficient (Wildman–Crippen LogP) is 1.11. The molecule has 0 saturated carbocycles. The first kappa shape index (κ1) is 13.0. The van der Waals surface area contributed by atoms with Crippen LogP contribution in [0.15, 0.2) is 15.7 Å². The van der Waals surface area contributed by atoms with Gasteiger partial charge >= 0.3 is 0 Å². The zero-order valence-corrected chi connectivity index (χ0v) is 10.7. The van der Waals surface area contributed by atoms with Crippen molar-refractivity contribution in [2.45, 2.75) is 11.1 Å². The van der Waals surface area contributed by atoms with E-state index in [1.165, 1.54) is 17.4 Å². The van der Waals surface area contributed by atoms with E-state index in [-0.39, 0.29) is 16.7 Å². The molecular weight excluding hydrogens is 246 g/mol. The lowest BCUT2D eigenvalue weighted by molar-refractivity contribution is 0.440. The molecule has 5 nitrogen and oxygen atoms in total. The van der Waals surface area contributed by atoms with Gasteiger partial charge in [0.2, 0.25) is 0 Å². The minimum atomic E-state index is -3.50. The largest absolute Gasteiger partial charge is 0.398 e. The van der Waals surface area contributed by atoms with Crippen molar-refractivity contribution in [3.05, 3.63) is 11.4 Å². The maximum atomic E-state index is 12.0. The molecule has 1 aromatic heterocycles. The molecule has 88 valence electrons. The number of hydrogen-bond donors (Lipinski definition) is 1. The highest BCUT2D eigenvalue weighted by Crippen LogP contribution is 2.24. The first-order chi connectivity index (χ1) is 7.37. The number of thiophene rings is 1. The summed E-state index contributed by atoms with van der Waals surface area (Å²) in [4.78, 5) is 0. The average molecular weight is 259 g/mol. The van der Waals surface area contributed by atoms with Gasteiger partial charge in [-0.3, -0.25) is 0 Å². The molecule has 0 radical (unpaired) electrons. The molecule has 16 heavy (non-hydrogen) atoms. The standard InChI is InChI=1S/C9H13N3O2S2/c1-7(4-10)5-12(2)16(13,14)9-3-8(11)6-15-9/h3,6-7H,5,11H2,1-2H3. The molecule has 0 aromatic carbocycles. The lowest BCUT2D eigenvalue weighted by Crippen LogP contribution is -2.30. The topological polar surface area (TPSA) is 87.2 Å². The molecule has 0 fully saturated rings. The molecule has 0 aliphatic rings. The Balaban J connectivity index is 2.91. The number of rotatable bonds is 4. The van der Waals surface area contributed by atoms with Gasteiger partial charge in [-0.1, -0.05) is 0 Å². The summed E-state index contributed by atoms with van der Waals surface area (Å²) < 4.78 is 25.3. The second-order valence-corrected chi connectivity index (χ2v) is 6.70. The molecular formula is C9H13N3O2S2. The highest BCUT2D eigenvalue weighted by atomic mass is 32.2. The van der Waals surface area contributed by atoms with Crippen molar-refractivity contribution in [3.63, 3.8) is 0 Å². The van der Waals surface area contributed by atoms with E-state index in [4.69, 9.17) is 11.0 Å². The number of hydrogen-bond acceptors (Lipinski definition) is 5. The quantitative estimate of drug-likeness (QED) is 0.877. The summed E-state index contributed by atoms with van der Waals surface area (Å²) in [5.41, 5.74) is 5.91. The zero-order chi connectivity index (χ0) is 12.3. The van der Waals surface area contributed by atoms with Crippen LogP contribution in [0.5, 0.6) is 0 Å². The predicted molar refractivity (Wildman–Crippen MR) is 63.3 cm³/mol. The fraction of sp³-hybridized carbons (Fsp3) is 0.444. The van der Waals surface area contributed by atoms with Gasteiger partial charge in [0.15, 0.2) is 0 Å². The Bertz CT molecular complexity index is 501. The molecule has 0 spiro atoms. The molecule has 1 aromatic rings. The normalized spacial score (nSPS) is 13.6. The van der Waals surface area contributed by atoms with Gasteiger partial charge in [0.1, 0.15) is 4.21 Å². The average Bonchev–Trinajstić information content (AvgIpc) is 2.65. The van der Waals surface area contributed by atoms with Crippen LogP contribution in [0.3, 0.4) is 0 Å². The maximum absolute atomic E-state index is 12.0. The van der Waals surface area contributed by atoms with Crippen LogP contribution in [-0.2, 0) is 10.0 Å². The summed E-state index contributed by atoms with van der Waals surface area (Å²) in [6.07, 6.45) is 0. The van der Waals surface area contributed by atoms with Crippen LogP contribution in [0, 0.1) is 17.2 Å². The lowest BCUT2D eigenvalue weighted by Gasteiger charge is -2.16. The molecule has 0 aliphatic heterocycles. The van der Waals surface area contributed by atoms with Crippen LogP contribution >= 0.6 is 11.3 Å². The number of nitriles is 1. The van der Waals surface area contributed by atoms with Crippen LogP contribution < -0.4 is 5.73 Å². The van der Waals surface area contributed by atoms with E-state index in [2.05, 4.69) is 0 Å². The Labute approximate surface area is 99.1 Å². The molecule has 7 heteroatoms. The van der Waals surface area contributed by atoms with E-state index >= 15 is 0 Å². The first-order valence-corrected chi connectivity index (χ1v) is 6.90. The van der Waals surface area contributed by atoms with Crippen molar-refractivity contribution in [2.75, 3.05) is 19.3 Å². The third kappa shape index (κ3) is 2.72. The molecule has 0 amide bonds. The van der Waals surface area contributed by atoms with E-state index in [0.29, 0.717) is 5.69 Å². The van der Waals surface area contributed by atoms with Gasteiger partial charge in [0.25, 0.3) is 10.0 Å². The molecule has 1 atom stereocenters. The van der Waals surface area contributed by atoms with Gasteiger partial charge in [0.05, 0.1) is 12.0 Å². The molecule has 1 rings (SSSR count). The van der Waals surface area contributed by atoms with Crippen molar-refractivity contribution in [1.29, 1.82) is 5.26 Å². The van der Waals surface area contributed by atoms with E-state index < -0.39 is 10.0 Å². The van der Waals surface area contributed by atoms with E-state index in [0.717, 1.165) is 11.3 Å². The van der Waals surface area contributed by atoms with Gasteiger partial charge < -0.3 is 5.73 Å². The fourth-order valence-electron chi connectivity index (χ4n) is 1.14. The highest BCUT2D eigenvalue weighted by Gasteiger charge is 2.23. The summed E-state index contributed by atoms with van der Waals surface area (Å²) in [6.45, 7) is 1.85. The van der Waals surface area contributed by atoms with Crippen molar-refractivity contribution in [3.8, 4) is 6.07 Å². The summed E-state index contributed by atoms with van der Waals surface area (Å²) in [6, 6.07) is 3.42. The van der Waals surface area contributed by atoms with Gasteiger partial charge in [-0.05, 0) is 13.0 Å². The van der Waals surface area contributed by atoms with E-state index in [1.54, 1.807) is 12.3 Å². The molecule has 1 heterocycles. The minimum absolute atomic E-state index is 0.177. The number of nitrogens with two attached hydrogens (primary N) is 1. The second-order valence-electron chi connectivity index (χ2n) is 3.51. The van der Waals surface area contributed by atoms with Crippen LogP contribution in [0.1, 0.15) is 6.92 Å². The van der Waals surface area contributed by atoms with Crippen LogP contribution in [0.25, 0.3) is 0 Å². The highest BCUT2D eigenvalue weighted by molar-refractivity contribution is 7.91. The Morgan fingerprint density at radius 3 is 2.75 bits per heavy atom. The number of sulfonamides is 1. The van der Waals surface area contributed by atoms with Crippen molar-refractivity contribution in [1.82, 2.24) is 4.31 Å². The molecule has 2 N–H and O–H groups in total. The minimum Gasteiger partial charge on any atom is -0.398 e. The Hall–Kier alpha value is -1.10. The second kappa shape index (κ2) is 4.82. The van der Waals surface area contributed by atoms with Crippen LogP contribution in [-0.4, -0.2) is 26.3 Å². The van der Waals surface area contributed by atoms with Gasteiger partial charge in [-0.15, -0.1) is 11.3 Å². The van der Waals surface area contributed by atoms with Crippen molar-refractivity contribution >= 4 is 27.0 Å². The van der Waals surface area contributed by atoms with Crippen molar-refractivity contribution in [2.24, 2.45) is 5.92 Å². The first-order valence-electron chi connectivity index (χ1n) is 4.58. The smallest absolute Gasteiger partial charge is 0.252 e. The third-order valence-electron chi connectivity index (χ3n) is 2.01. The summed E-state index contributed by atoms with van der Waals surface area (Å²) in [5.74, 6) is -0.336. The molecule has 0 bridgehead atoms. The number of nitrogen functional groups attached to an aromatic ring is 1. The number of anilines is 1. The SMILES string of the molecule is CC(C#N)CN(C)S(=O)(=O)c1cc(N)cs1. The summed E-state index contributed by atoms with van der Waals surface area (Å²) in [5, 5.41) is 10.2. The Morgan fingerprint density at radius 2 is 2.31 bits per heavy atom. The lowest BCUT2D eigenvalue weighted by atomic mass is 10.2. The van der Waals surface area contributed by atoms with Gasteiger partial charge in [-0.2, -0.15) is 9.57 Å². The fourth-order valence-corrected chi connectivity index (χ4v) is 3.69. The third-order valence-corrected chi connectivity index (χ3v) is 5.27. The van der Waals surface area contributed by atoms with E-state index in [9.17, 15) is 8.42 Å². The molecule has 0 saturated heterocycles. The van der Waals surface area contributed by atoms with E-state index in [1.807, 2.05) is 6.07 Å². The van der Waals surface area contributed by atoms with Crippen LogP contribution in [0.2, 0.25) is 0 Å². The van der Waals surface area contributed by atoms with Gasteiger partial charge in [0, 0.05) is 24.7 Å². The Morgan fingerprint density at radius 1 is 1.69 bits per heavy atom. The van der Waals surface area contributed by atoms with Crippen LogP contribution in [0.4, 0.5) is 5.69 Å².